The monoisotopic (exact) mass is 372 g/mol. The third-order valence-electron chi connectivity index (χ3n) is 7.01. The lowest BCUT2D eigenvalue weighted by molar-refractivity contribution is 0.157. The lowest BCUT2D eigenvalue weighted by Crippen LogP contribution is -2.33. The summed E-state index contributed by atoms with van der Waals surface area (Å²) in [4.78, 5) is 0. The summed E-state index contributed by atoms with van der Waals surface area (Å²) >= 11 is 0. The fraction of sp³-hybridized carbons (Fsp3) is 0.480. The quantitative estimate of drug-likeness (QED) is 0.601. The number of fused-ring (bicyclic) bond motifs is 1. The number of nitrogens with zero attached hydrogens (tertiary/aromatic N) is 2. The molecule has 0 N–H and O–H groups in total. The van der Waals surface area contributed by atoms with E-state index in [1.807, 2.05) is 6.07 Å². The second-order valence-electron chi connectivity index (χ2n) is 9.83. The predicted molar refractivity (Wildman–Crippen MR) is 123 cm³/mol. The van der Waals surface area contributed by atoms with Crippen LogP contribution in [-0.4, -0.2) is 11.8 Å². The third-order valence-corrected chi connectivity index (χ3v) is 7.01. The molecule has 0 bridgehead atoms. The number of nitriles is 1. The molecule has 1 aliphatic carbocycles. The first kappa shape index (κ1) is 20.5. The zero-order valence-electron chi connectivity index (χ0n) is 18.3. The highest BCUT2D eigenvalue weighted by Gasteiger charge is 2.32. The minimum atomic E-state index is 0.248. The molecular formula is C25H33BN2. The van der Waals surface area contributed by atoms with Crippen LogP contribution >= 0.6 is 0 Å². The second kappa shape index (κ2) is 7.67. The Morgan fingerprint density at radius 1 is 1.21 bits per heavy atom. The fourth-order valence-corrected chi connectivity index (χ4v) is 3.81. The Morgan fingerprint density at radius 3 is 2.54 bits per heavy atom. The molecule has 0 saturated heterocycles. The standard InChI is InChI=1S/C25H33BN2/c1-7-18-8-11-20(12-9-18)28-16-22(26-17-25(5,6)24(2,3)4)21-14-19(15-27)10-13-23(21)28/h8-11,13-14,16,20,26H,7,12,17H2,1-6H3. The van der Waals surface area contributed by atoms with E-state index in [0.717, 1.165) is 32.0 Å². The molecule has 0 saturated carbocycles. The van der Waals surface area contributed by atoms with Crippen molar-refractivity contribution in [2.24, 2.45) is 10.8 Å². The van der Waals surface area contributed by atoms with Gasteiger partial charge in [-0.25, -0.2) is 0 Å². The van der Waals surface area contributed by atoms with Crippen LogP contribution in [0.2, 0.25) is 6.32 Å². The van der Waals surface area contributed by atoms with Crippen molar-refractivity contribution in [3.8, 4) is 6.07 Å². The van der Waals surface area contributed by atoms with Crippen molar-refractivity contribution in [3.05, 3.63) is 53.8 Å². The van der Waals surface area contributed by atoms with Crippen LogP contribution in [0, 0.1) is 22.2 Å². The van der Waals surface area contributed by atoms with Crippen molar-refractivity contribution in [2.45, 2.75) is 66.7 Å². The average molecular weight is 372 g/mol. The SMILES string of the molecule is CCC1=CCC(n2cc(BCC(C)(C)C(C)(C)C)c3cc(C#N)ccc32)C=C1. The van der Waals surface area contributed by atoms with E-state index in [1.54, 1.807) is 0 Å². The first-order chi connectivity index (χ1) is 13.2. The Kier molecular flexibility index (Phi) is 5.62. The van der Waals surface area contributed by atoms with Gasteiger partial charge in [0.1, 0.15) is 0 Å². The molecule has 3 heteroatoms. The molecule has 1 aromatic heterocycles. The van der Waals surface area contributed by atoms with Crippen molar-refractivity contribution >= 4 is 23.6 Å². The molecule has 1 aliphatic rings. The summed E-state index contributed by atoms with van der Waals surface area (Å²) in [5.74, 6) is 0. The maximum absolute atomic E-state index is 9.39. The van der Waals surface area contributed by atoms with Crippen LogP contribution in [0.5, 0.6) is 0 Å². The number of benzene rings is 1. The van der Waals surface area contributed by atoms with Gasteiger partial charge in [0.15, 0.2) is 7.28 Å². The van der Waals surface area contributed by atoms with Crippen molar-refractivity contribution in [1.29, 1.82) is 5.26 Å². The molecule has 146 valence electrons. The van der Waals surface area contributed by atoms with E-state index in [0.29, 0.717) is 6.04 Å². The van der Waals surface area contributed by atoms with Crippen molar-refractivity contribution in [1.82, 2.24) is 4.57 Å². The Labute approximate surface area is 171 Å². The Balaban J connectivity index is 1.98. The minimum Gasteiger partial charge on any atom is -0.341 e. The van der Waals surface area contributed by atoms with Crippen LogP contribution in [0.3, 0.4) is 0 Å². The van der Waals surface area contributed by atoms with Gasteiger partial charge in [0, 0.05) is 5.52 Å². The van der Waals surface area contributed by atoms with Gasteiger partial charge in [-0.05, 0) is 53.5 Å². The molecule has 2 aromatic rings. The lowest BCUT2D eigenvalue weighted by Gasteiger charge is -2.39. The van der Waals surface area contributed by atoms with Gasteiger partial charge in [0.05, 0.1) is 17.7 Å². The van der Waals surface area contributed by atoms with Crippen LogP contribution in [0.15, 0.2) is 48.2 Å². The van der Waals surface area contributed by atoms with E-state index >= 15 is 0 Å². The van der Waals surface area contributed by atoms with Crippen LogP contribution in [0.1, 0.15) is 66.0 Å². The summed E-state index contributed by atoms with van der Waals surface area (Å²) < 4.78 is 2.41. The van der Waals surface area contributed by atoms with E-state index in [1.165, 1.54) is 21.9 Å². The number of hydrogen-bond acceptors (Lipinski definition) is 1. The maximum Gasteiger partial charge on any atom is 0.161 e. The zero-order valence-corrected chi connectivity index (χ0v) is 18.3. The van der Waals surface area contributed by atoms with Crippen LogP contribution in [0.25, 0.3) is 10.9 Å². The molecule has 28 heavy (non-hydrogen) atoms. The number of allylic oxidation sites excluding steroid dienone is 4. The first-order valence-electron chi connectivity index (χ1n) is 10.6. The summed E-state index contributed by atoms with van der Waals surface area (Å²) in [6.07, 6.45) is 12.6. The van der Waals surface area contributed by atoms with Crippen molar-refractivity contribution in [2.75, 3.05) is 0 Å². The molecule has 3 rings (SSSR count). The first-order valence-corrected chi connectivity index (χ1v) is 10.6. The number of aromatic nitrogens is 1. The van der Waals surface area contributed by atoms with Crippen molar-refractivity contribution < 1.29 is 0 Å². The molecule has 1 heterocycles. The van der Waals surface area contributed by atoms with E-state index < -0.39 is 0 Å². The summed E-state index contributed by atoms with van der Waals surface area (Å²) in [5.41, 5.74) is 5.28. The molecule has 0 fully saturated rings. The summed E-state index contributed by atoms with van der Waals surface area (Å²) in [6.45, 7) is 13.9. The van der Waals surface area contributed by atoms with Gasteiger partial charge in [-0.1, -0.05) is 77.1 Å². The van der Waals surface area contributed by atoms with Gasteiger partial charge in [0.25, 0.3) is 0 Å². The van der Waals surface area contributed by atoms with Gasteiger partial charge in [0.2, 0.25) is 0 Å². The molecule has 1 unspecified atom stereocenters. The zero-order chi connectivity index (χ0) is 20.5. The average Bonchev–Trinajstić information content (AvgIpc) is 3.03. The topological polar surface area (TPSA) is 28.7 Å². The summed E-state index contributed by atoms with van der Waals surface area (Å²) in [6, 6.07) is 8.81. The van der Waals surface area contributed by atoms with Gasteiger partial charge >= 0.3 is 0 Å². The van der Waals surface area contributed by atoms with E-state index in [2.05, 4.69) is 88.7 Å². The molecule has 0 amide bonds. The van der Waals surface area contributed by atoms with Crippen LogP contribution < -0.4 is 5.46 Å². The Morgan fingerprint density at radius 2 is 1.96 bits per heavy atom. The highest BCUT2D eigenvalue weighted by atomic mass is 15.0. The number of rotatable bonds is 5. The second-order valence-corrected chi connectivity index (χ2v) is 9.83. The highest BCUT2D eigenvalue weighted by Crippen LogP contribution is 2.41. The summed E-state index contributed by atoms with van der Waals surface area (Å²) in [7, 11) is 1.04. The maximum atomic E-state index is 9.39. The smallest absolute Gasteiger partial charge is 0.161 e. The van der Waals surface area contributed by atoms with Crippen molar-refractivity contribution in [3.63, 3.8) is 0 Å². The molecule has 2 nitrogen and oxygen atoms in total. The normalized spacial score (nSPS) is 17.5. The number of hydrogen-bond donors (Lipinski definition) is 0. The predicted octanol–water partition coefficient (Wildman–Crippen LogP) is 5.90. The van der Waals surface area contributed by atoms with Gasteiger partial charge < -0.3 is 4.57 Å². The van der Waals surface area contributed by atoms with Gasteiger partial charge in [-0.2, -0.15) is 5.26 Å². The molecule has 1 aromatic carbocycles. The molecule has 0 radical (unpaired) electrons. The fourth-order valence-electron chi connectivity index (χ4n) is 3.81. The van der Waals surface area contributed by atoms with E-state index in [-0.39, 0.29) is 10.8 Å². The Hall–Kier alpha value is -2.21. The minimum absolute atomic E-state index is 0.248. The Bertz CT molecular complexity index is 961. The van der Waals surface area contributed by atoms with E-state index in [4.69, 9.17) is 0 Å². The molecule has 0 spiro atoms. The van der Waals surface area contributed by atoms with E-state index in [9.17, 15) is 5.26 Å². The van der Waals surface area contributed by atoms with Crippen LogP contribution in [0.4, 0.5) is 0 Å². The molecule has 1 atom stereocenters. The highest BCUT2D eigenvalue weighted by molar-refractivity contribution is 6.57. The lowest BCUT2D eigenvalue weighted by atomic mass is 9.53. The van der Waals surface area contributed by atoms with Gasteiger partial charge in [-0.3, -0.25) is 0 Å². The van der Waals surface area contributed by atoms with Crippen LogP contribution in [-0.2, 0) is 0 Å². The third kappa shape index (κ3) is 3.97. The summed E-state index contributed by atoms with van der Waals surface area (Å²) in [5, 5.41) is 10.6. The largest absolute Gasteiger partial charge is 0.341 e. The molecule has 0 aliphatic heterocycles. The molecular weight excluding hydrogens is 339 g/mol. The van der Waals surface area contributed by atoms with Gasteiger partial charge in [-0.15, -0.1) is 0 Å².